The van der Waals surface area contributed by atoms with Crippen LogP contribution in [0.15, 0.2) is 90.1 Å². The van der Waals surface area contributed by atoms with Crippen LogP contribution in [0.5, 0.6) is 5.75 Å². The lowest BCUT2D eigenvalue weighted by atomic mass is 10.2. The molecule has 1 aromatic heterocycles. The van der Waals surface area contributed by atoms with Gasteiger partial charge in [-0.15, -0.1) is 0 Å². The molecule has 0 saturated heterocycles. The molecule has 0 saturated carbocycles. The van der Waals surface area contributed by atoms with Gasteiger partial charge in [0.25, 0.3) is 0 Å². The Balaban J connectivity index is 1.83. The van der Waals surface area contributed by atoms with Gasteiger partial charge in [0.05, 0.1) is 12.8 Å². The average Bonchev–Trinajstić information content (AvgIpc) is 2.78. The minimum Gasteiger partial charge on any atom is -0.495 e. The number of hydrogen-bond donors (Lipinski definition) is 0. The van der Waals surface area contributed by atoms with Crippen molar-refractivity contribution in [2.45, 2.75) is 10.9 Å². The van der Waals surface area contributed by atoms with Crippen molar-refractivity contribution in [1.82, 2.24) is 14.5 Å². The van der Waals surface area contributed by atoms with E-state index < -0.39 is 0 Å². The third-order valence-corrected chi connectivity index (χ3v) is 5.64. The predicted octanol–water partition coefficient (Wildman–Crippen LogP) is 5.96. The highest BCUT2D eigenvalue weighted by Gasteiger charge is 2.15. The summed E-state index contributed by atoms with van der Waals surface area (Å²) in [7, 11) is 1.65. The van der Waals surface area contributed by atoms with Crippen LogP contribution in [0.2, 0.25) is 0 Å². The zero-order chi connectivity index (χ0) is 20.1. The lowest BCUT2D eigenvalue weighted by Gasteiger charge is -2.16. The highest BCUT2D eigenvalue weighted by molar-refractivity contribution is 7.98. The van der Waals surface area contributed by atoms with E-state index in [9.17, 15) is 0 Å². The number of benzene rings is 3. The number of para-hydroxylation sites is 2. The lowest BCUT2D eigenvalue weighted by molar-refractivity contribution is 0.411. The largest absolute Gasteiger partial charge is 0.495 e. The molecular formula is C23H19N3OS2. The van der Waals surface area contributed by atoms with Crippen LogP contribution in [0.4, 0.5) is 0 Å². The number of aromatic nitrogens is 3. The summed E-state index contributed by atoms with van der Waals surface area (Å²) in [5.41, 5.74) is 2.98. The van der Waals surface area contributed by atoms with Gasteiger partial charge in [-0.3, -0.25) is 4.57 Å². The molecule has 4 aromatic rings. The maximum absolute atomic E-state index is 5.69. The molecule has 4 rings (SSSR count). The minimum atomic E-state index is 0.443. The molecule has 144 valence electrons. The summed E-state index contributed by atoms with van der Waals surface area (Å²) in [4.78, 5) is 9.47. The van der Waals surface area contributed by atoms with Gasteiger partial charge < -0.3 is 4.74 Å². The Kier molecular flexibility index (Phi) is 6.03. The van der Waals surface area contributed by atoms with Crippen LogP contribution in [0, 0.1) is 4.77 Å². The van der Waals surface area contributed by atoms with Crippen molar-refractivity contribution >= 4 is 24.0 Å². The van der Waals surface area contributed by atoms with Gasteiger partial charge in [-0.25, -0.2) is 4.98 Å². The van der Waals surface area contributed by atoms with E-state index >= 15 is 0 Å². The Bertz CT molecular complexity index is 1160. The molecule has 0 fully saturated rings. The molecule has 4 nitrogen and oxygen atoms in total. The van der Waals surface area contributed by atoms with Crippen molar-refractivity contribution in [3.8, 4) is 22.8 Å². The second-order valence-corrected chi connectivity index (χ2v) is 7.57. The highest BCUT2D eigenvalue weighted by Crippen LogP contribution is 2.30. The van der Waals surface area contributed by atoms with Crippen LogP contribution >= 0.6 is 24.0 Å². The molecule has 0 N–H and O–H groups in total. The summed E-state index contributed by atoms with van der Waals surface area (Å²) < 4.78 is 7.88. The number of rotatable bonds is 6. The third kappa shape index (κ3) is 4.39. The molecule has 3 aromatic carbocycles. The summed E-state index contributed by atoms with van der Waals surface area (Å²) in [5.74, 6) is 2.12. The summed E-state index contributed by atoms with van der Waals surface area (Å²) in [5, 5.41) is 0.775. The standard InChI is InChI=1S/C23H19N3OS2/c1-27-20-15-9-8-14-19(20)26-22(28)24-21(18-12-6-3-7-13-18)25-23(26)29-16-17-10-4-2-5-11-17/h2-15H,16H2,1H3. The van der Waals surface area contributed by atoms with Gasteiger partial charge in [-0.05, 0) is 29.9 Å². The van der Waals surface area contributed by atoms with Gasteiger partial charge in [0.1, 0.15) is 5.75 Å². The Morgan fingerprint density at radius 1 is 0.862 bits per heavy atom. The number of hydrogen-bond acceptors (Lipinski definition) is 5. The van der Waals surface area contributed by atoms with Crippen LogP contribution in [0.25, 0.3) is 17.1 Å². The quantitative estimate of drug-likeness (QED) is 0.286. The van der Waals surface area contributed by atoms with Crippen LogP contribution in [0.1, 0.15) is 5.56 Å². The normalized spacial score (nSPS) is 10.7. The Morgan fingerprint density at radius 3 is 2.24 bits per heavy atom. The minimum absolute atomic E-state index is 0.443. The van der Waals surface area contributed by atoms with Crippen molar-refractivity contribution in [3.05, 3.63) is 95.3 Å². The van der Waals surface area contributed by atoms with Crippen molar-refractivity contribution in [1.29, 1.82) is 0 Å². The fraction of sp³-hybridized carbons (Fsp3) is 0.0870. The molecule has 6 heteroatoms. The molecule has 0 amide bonds. The average molecular weight is 418 g/mol. The van der Waals surface area contributed by atoms with Crippen molar-refractivity contribution < 1.29 is 4.74 Å². The van der Waals surface area contributed by atoms with Gasteiger partial charge in [-0.1, -0.05) is 84.6 Å². The van der Waals surface area contributed by atoms with E-state index in [1.54, 1.807) is 18.9 Å². The van der Waals surface area contributed by atoms with E-state index in [2.05, 4.69) is 17.1 Å². The van der Waals surface area contributed by atoms with Crippen LogP contribution < -0.4 is 4.74 Å². The number of methoxy groups -OCH3 is 1. The first-order chi connectivity index (χ1) is 14.3. The maximum Gasteiger partial charge on any atom is 0.208 e. The van der Waals surface area contributed by atoms with Crippen LogP contribution in [-0.4, -0.2) is 21.6 Å². The van der Waals surface area contributed by atoms with Gasteiger partial charge in [-0.2, -0.15) is 4.98 Å². The summed E-state index contributed by atoms with van der Waals surface area (Å²) in [6.45, 7) is 0. The van der Waals surface area contributed by atoms with Crippen molar-refractivity contribution in [2.75, 3.05) is 7.11 Å². The first-order valence-corrected chi connectivity index (χ1v) is 10.5. The van der Waals surface area contributed by atoms with Gasteiger partial charge in [0.15, 0.2) is 11.0 Å². The van der Waals surface area contributed by atoms with Crippen molar-refractivity contribution in [3.63, 3.8) is 0 Å². The van der Waals surface area contributed by atoms with E-state index in [4.69, 9.17) is 21.9 Å². The molecule has 0 aliphatic heterocycles. The lowest BCUT2D eigenvalue weighted by Crippen LogP contribution is -2.09. The van der Waals surface area contributed by atoms with Gasteiger partial charge in [0, 0.05) is 11.3 Å². The van der Waals surface area contributed by atoms with Crippen LogP contribution in [-0.2, 0) is 5.75 Å². The fourth-order valence-electron chi connectivity index (χ4n) is 2.94. The summed E-state index contributed by atoms with van der Waals surface area (Å²) in [6.07, 6.45) is 0. The smallest absolute Gasteiger partial charge is 0.208 e. The number of nitrogens with zero attached hydrogens (tertiary/aromatic N) is 3. The fourth-order valence-corrected chi connectivity index (χ4v) is 4.23. The topological polar surface area (TPSA) is 39.9 Å². The molecular weight excluding hydrogens is 398 g/mol. The number of thioether (sulfide) groups is 1. The second kappa shape index (κ2) is 9.03. The SMILES string of the molecule is COc1ccccc1-n1c(SCc2ccccc2)nc(-c2ccccc2)nc1=S. The monoisotopic (exact) mass is 417 g/mol. The van der Waals surface area contributed by atoms with E-state index in [0.717, 1.165) is 27.9 Å². The summed E-state index contributed by atoms with van der Waals surface area (Å²) >= 11 is 7.32. The summed E-state index contributed by atoms with van der Waals surface area (Å²) in [6, 6.07) is 28.0. The molecule has 0 radical (unpaired) electrons. The zero-order valence-corrected chi connectivity index (χ0v) is 17.5. The van der Waals surface area contributed by atoms with Gasteiger partial charge in [0.2, 0.25) is 4.77 Å². The van der Waals surface area contributed by atoms with E-state index in [1.807, 2.05) is 77.4 Å². The van der Waals surface area contributed by atoms with Gasteiger partial charge >= 0.3 is 0 Å². The van der Waals surface area contributed by atoms with E-state index in [0.29, 0.717) is 10.6 Å². The first kappa shape index (κ1) is 19.4. The molecule has 0 atom stereocenters. The van der Waals surface area contributed by atoms with E-state index in [-0.39, 0.29) is 0 Å². The zero-order valence-electron chi connectivity index (χ0n) is 15.9. The molecule has 0 bridgehead atoms. The molecule has 0 aliphatic rings. The Hall–Kier alpha value is -2.96. The first-order valence-electron chi connectivity index (χ1n) is 9.13. The molecule has 1 heterocycles. The molecule has 0 spiro atoms. The highest BCUT2D eigenvalue weighted by atomic mass is 32.2. The predicted molar refractivity (Wildman–Crippen MR) is 120 cm³/mol. The Labute approximate surface area is 179 Å². The number of ether oxygens (including phenoxy) is 1. The Morgan fingerprint density at radius 2 is 1.52 bits per heavy atom. The molecule has 0 aliphatic carbocycles. The molecule has 29 heavy (non-hydrogen) atoms. The van der Waals surface area contributed by atoms with Crippen molar-refractivity contribution in [2.24, 2.45) is 0 Å². The van der Waals surface area contributed by atoms with E-state index in [1.165, 1.54) is 5.56 Å². The molecule has 0 unspecified atom stereocenters. The van der Waals surface area contributed by atoms with Crippen LogP contribution in [0.3, 0.4) is 0 Å². The maximum atomic E-state index is 5.69. The second-order valence-electron chi connectivity index (χ2n) is 6.26. The third-order valence-electron chi connectivity index (χ3n) is 4.35.